The van der Waals surface area contributed by atoms with Gasteiger partial charge in [-0.05, 0) is 42.1 Å². The van der Waals surface area contributed by atoms with Gasteiger partial charge < -0.3 is 5.32 Å². The highest BCUT2D eigenvalue weighted by molar-refractivity contribution is 7.80. The predicted molar refractivity (Wildman–Crippen MR) is 97.9 cm³/mol. The summed E-state index contributed by atoms with van der Waals surface area (Å²) in [5.74, 6) is -0.647. The third-order valence-electron chi connectivity index (χ3n) is 3.19. The first-order valence-electron chi connectivity index (χ1n) is 7.37. The summed E-state index contributed by atoms with van der Waals surface area (Å²) in [6.07, 6.45) is -2.06. The highest BCUT2D eigenvalue weighted by atomic mass is 32.1. The summed E-state index contributed by atoms with van der Waals surface area (Å²) >= 11 is 4.89. The zero-order valence-corrected chi connectivity index (χ0v) is 14.3. The third kappa shape index (κ3) is 6.19. The molecule has 10 heteroatoms. The van der Waals surface area contributed by atoms with E-state index in [9.17, 15) is 28.1 Å². The number of carbonyl (C=O) groups excluding carboxylic acids is 1. The monoisotopic (exact) mass is 395 g/mol. The van der Waals surface area contributed by atoms with Crippen molar-refractivity contribution >= 4 is 40.7 Å². The second kappa shape index (κ2) is 8.41. The SMILES string of the molecule is O=C(C=Cc1cccc([N+](=O)[O-])c1)NC(=S)Nc1cccc(C(F)(F)F)c1. The molecule has 0 aliphatic heterocycles. The van der Waals surface area contributed by atoms with Gasteiger partial charge in [0, 0.05) is 23.9 Å². The Morgan fingerprint density at radius 3 is 2.52 bits per heavy atom. The highest BCUT2D eigenvalue weighted by Gasteiger charge is 2.30. The van der Waals surface area contributed by atoms with Gasteiger partial charge in [-0.15, -0.1) is 0 Å². The van der Waals surface area contributed by atoms with Crippen molar-refractivity contribution in [2.24, 2.45) is 0 Å². The Balaban J connectivity index is 1.97. The smallest absolute Gasteiger partial charge is 0.332 e. The molecule has 0 aliphatic rings. The number of rotatable bonds is 4. The van der Waals surface area contributed by atoms with Gasteiger partial charge in [0.25, 0.3) is 5.69 Å². The largest absolute Gasteiger partial charge is 0.416 e. The molecule has 2 aromatic rings. The van der Waals surface area contributed by atoms with Gasteiger partial charge in [-0.3, -0.25) is 20.2 Å². The van der Waals surface area contributed by atoms with Crippen LogP contribution in [-0.2, 0) is 11.0 Å². The molecule has 0 saturated heterocycles. The van der Waals surface area contributed by atoms with Crippen molar-refractivity contribution in [1.82, 2.24) is 5.32 Å². The fourth-order valence-electron chi connectivity index (χ4n) is 2.00. The van der Waals surface area contributed by atoms with Crippen LogP contribution < -0.4 is 10.6 Å². The van der Waals surface area contributed by atoms with Crippen molar-refractivity contribution in [3.63, 3.8) is 0 Å². The van der Waals surface area contributed by atoms with Crippen molar-refractivity contribution in [2.75, 3.05) is 5.32 Å². The summed E-state index contributed by atoms with van der Waals surface area (Å²) in [4.78, 5) is 22.0. The maximum atomic E-state index is 12.7. The van der Waals surface area contributed by atoms with E-state index in [4.69, 9.17) is 12.2 Å². The van der Waals surface area contributed by atoms with Gasteiger partial charge in [-0.2, -0.15) is 13.2 Å². The number of hydrogen-bond acceptors (Lipinski definition) is 4. The molecule has 6 nitrogen and oxygen atoms in total. The summed E-state index contributed by atoms with van der Waals surface area (Å²) in [7, 11) is 0. The molecule has 0 spiro atoms. The van der Waals surface area contributed by atoms with E-state index in [0.717, 1.165) is 18.2 Å². The van der Waals surface area contributed by atoms with E-state index in [0.29, 0.717) is 5.56 Å². The number of alkyl halides is 3. The number of nitrogens with one attached hydrogen (secondary N) is 2. The Bertz CT molecular complexity index is 914. The first-order valence-corrected chi connectivity index (χ1v) is 7.78. The number of halogens is 3. The second-order valence-electron chi connectivity index (χ2n) is 5.21. The van der Waals surface area contributed by atoms with E-state index >= 15 is 0 Å². The Morgan fingerprint density at radius 2 is 1.85 bits per heavy atom. The summed E-state index contributed by atoms with van der Waals surface area (Å²) in [6.45, 7) is 0. The summed E-state index contributed by atoms with van der Waals surface area (Å²) in [5, 5.41) is 15.3. The molecule has 0 heterocycles. The van der Waals surface area contributed by atoms with Crippen LogP contribution in [-0.4, -0.2) is 15.9 Å². The van der Waals surface area contributed by atoms with Gasteiger partial charge in [0.15, 0.2) is 5.11 Å². The molecule has 0 fully saturated rings. The van der Waals surface area contributed by atoms with E-state index in [-0.39, 0.29) is 16.5 Å². The number of nitro benzene ring substituents is 1. The minimum atomic E-state index is -4.50. The van der Waals surface area contributed by atoms with Crippen LogP contribution in [0, 0.1) is 10.1 Å². The highest BCUT2D eigenvalue weighted by Crippen LogP contribution is 2.30. The summed E-state index contributed by atoms with van der Waals surface area (Å²) in [6, 6.07) is 9.97. The van der Waals surface area contributed by atoms with Gasteiger partial charge in [0.1, 0.15) is 0 Å². The Morgan fingerprint density at radius 1 is 1.15 bits per heavy atom. The van der Waals surface area contributed by atoms with E-state index in [2.05, 4.69) is 10.6 Å². The topological polar surface area (TPSA) is 84.3 Å². The Kier molecular flexibility index (Phi) is 6.24. The lowest BCUT2D eigenvalue weighted by Crippen LogP contribution is -2.32. The first-order chi connectivity index (χ1) is 12.6. The van der Waals surface area contributed by atoms with Crippen molar-refractivity contribution in [3.05, 3.63) is 75.8 Å². The number of carbonyl (C=O) groups is 1. The average molecular weight is 395 g/mol. The number of anilines is 1. The zero-order chi connectivity index (χ0) is 20.0. The van der Waals surface area contributed by atoms with Crippen LogP contribution in [0.1, 0.15) is 11.1 Å². The standard InChI is InChI=1S/C17H12F3N3O3S/c18-17(19,20)12-4-2-5-13(10-12)21-16(27)22-15(24)8-7-11-3-1-6-14(9-11)23(25)26/h1-10H,(H2,21,22,24,27). The number of amides is 1. The minimum absolute atomic E-state index is 0.0674. The van der Waals surface area contributed by atoms with Gasteiger partial charge in [-0.1, -0.05) is 18.2 Å². The van der Waals surface area contributed by atoms with Crippen LogP contribution in [0.5, 0.6) is 0 Å². The molecule has 2 aromatic carbocycles. The van der Waals surface area contributed by atoms with Gasteiger partial charge >= 0.3 is 6.18 Å². The molecule has 0 aliphatic carbocycles. The Labute approximate surface area is 156 Å². The molecule has 1 amide bonds. The molecule has 27 heavy (non-hydrogen) atoms. The molecule has 140 valence electrons. The molecule has 2 N–H and O–H groups in total. The van der Waals surface area contributed by atoms with Crippen LogP contribution in [0.4, 0.5) is 24.5 Å². The molecule has 0 atom stereocenters. The van der Waals surface area contributed by atoms with E-state index < -0.39 is 22.6 Å². The maximum Gasteiger partial charge on any atom is 0.416 e. The molecule has 2 rings (SSSR count). The first kappa shape index (κ1) is 20.0. The molecule has 0 aromatic heterocycles. The number of non-ortho nitro benzene ring substituents is 1. The normalized spacial score (nSPS) is 11.2. The molecule has 0 bridgehead atoms. The van der Waals surface area contributed by atoms with E-state index in [1.165, 1.54) is 36.4 Å². The lowest BCUT2D eigenvalue weighted by molar-refractivity contribution is -0.384. The quantitative estimate of drug-likeness (QED) is 0.352. The van der Waals surface area contributed by atoms with Gasteiger partial charge in [-0.25, -0.2) is 0 Å². The molecule has 0 radical (unpaired) electrons. The van der Waals surface area contributed by atoms with E-state index in [1.54, 1.807) is 6.07 Å². The number of nitro groups is 1. The summed E-state index contributed by atoms with van der Waals surface area (Å²) in [5.41, 5.74) is -0.486. The zero-order valence-electron chi connectivity index (χ0n) is 13.5. The van der Waals surface area contributed by atoms with Crippen LogP contribution >= 0.6 is 12.2 Å². The molecule has 0 unspecified atom stereocenters. The molecular formula is C17H12F3N3O3S. The fraction of sp³-hybridized carbons (Fsp3) is 0.0588. The Hall–Kier alpha value is -3.27. The number of benzene rings is 2. The van der Waals surface area contributed by atoms with Crippen molar-refractivity contribution in [3.8, 4) is 0 Å². The van der Waals surface area contributed by atoms with Crippen molar-refractivity contribution in [2.45, 2.75) is 6.18 Å². The van der Waals surface area contributed by atoms with Gasteiger partial charge in [0.2, 0.25) is 5.91 Å². The van der Waals surface area contributed by atoms with Crippen LogP contribution in [0.3, 0.4) is 0 Å². The van der Waals surface area contributed by atoms with Gasteiger partial charge in [0.05, 0.1) is 10.5 Å². The minimum Gasteiger partial charge on any atom is -0.332 e. The number of thiocarbonyl (C=S) groups is 1. The van der Waals surface area contributed by atoms with E-state index in [1.807, 2.05) is 0 Å². The third-order valence-corrected chi connectivity index (χ3v) is 3.40. The summed E-state index contributed by atoms with van der Waals surface area (Å²) < 4.78 is 38.0. The van der Waals surface area contributed by atoms with Crippen LogP contribution in [0.25, 0.3) is 6.08 Å². The number of hydrogen-bond donors (Lipinski definition) is 2. The average Bonchev–Trinajstić information content (AvgIpc) is 2.59. The lowest BCUT2D eigenvalue weighted by Gasteiger charge is -2.11. The lowest BCUT2D eigenvalue weighted by atomic mass is 10.2. The van der Waals surface area contributed by atoms with Crippen LogP contribution in [0.15, 0.2) is 54.6 Å². The fourth-order valence-corrected chi connectivity index (χ4v) is 2.22. The van der Waals surface area contributed by atoms with Crippen molar-refractivity contribution < 1.29 is 22.9 Å². The molecular weight excluding hydrogens is 383 g/mol. The second-order valence-corrected chi connectivity index (χ2v) is 5.62. The van der Waals surface area contributed by atoms with Crippen LogP contribution in [0.2, 0.25) is 0 Å². The molecule has 0 saturated carbocycles. The van der Waals surface area contributed by atoms with Crippen molar-refractivity contribution in [1.29, 1.82) is 0 Å². The maximum absolute atomic E-state index is 12.7. The number of nitrogens with zero attached hydrogens (tertiary/aromatic N) is 1. The predicted octanol–water partition coefficient (Wildman–Crippen LogP) is 4.14.